The number of ether oxygens (including phenoxy) is 1. The quantitative estimate of drug-likeness (QED) is 0.196. The number of nitrogens with one attached hydrogen (secondary N) is 3. The van der Waals surface area contributed by atoms with Gasteiger partial charge in [0.1, 0.15) is 5.60 Å². The molecule has 3 N–H and O–H groups in total. The van der Waals surface area contributed by atoms with Gasteiger partial charge >= 0.3 is 0 Å². The highest BCUT2D eigenvalue weighted by Gasteiger charge is 2.37. The number of amides is 1. The van der Waals surface area contributed by atoms with Gasteiger partial charge in [0.05, 0.1) is 35.1 Å². The molecule has 0 bridgehead atoms. The maximum absolute atomic E-state index is 13.1. The standard InChI is InChI=1S/C31H28Cl2N6O2/c1-17-10-22(39-38-17)12-28(40)36-27-14-31(2,3)41-30-25(27)13-24(18-4-7-21(32)8-5-18)29(37-30)23-9-6-19(11-26(23)33)20-15-34-35-16-20/h4-11,13,15-16,27H,12,14H2,1-3H3,(H,34,35)(H,36,40)(H,38,39)/t27-/m1/s1. The number of pyridine rings is 1. The van der Waals surface area contributed by atoms with Gasteiger partial charge in [0, 0.05) is 45.6 Å². The fourth-order valence-electron chi connectivity index (χ4n) is 5.20. The van der Waals surface area contributed by atoms with Crippen molar-refractivity contribution in [1.82, 2.24) is 30.7 Å². The lowest BCUT2D eigenvalue weighted by Gasteiger charge is -2.37. The zero-order valence-corrected chi connectivity index (χ0v) is 24.3. The maximum Gasteiger partial charge on any atom is 0.226 e. The molecule has 8 nitrogen and oxygen atoms in total. The second-order valence-electron chi connectivity index (χ2n) is 10.9. The Morgan fingerprint density at radius 1 is 1.05 bits per heavy atom. The zero-order chi connectivity index (χ0) is 28.7. The molecule has 6 rings (SSSR count). The molecule has 10 heteroatoms. The molecule has 0 spiro atoms. The molecule has 41 heavy (non-hydrogen) atoms. The number of aromatic nitrogens is 5. The largest absolute Gasteiger partial charge is 0.471 e. The van der Waals surface area contributed by atoms with Gasteiger partial charge in [0.15, 0.2) is 0 Å². The van der Waals surface area contributed by atoms with E-state index in [0.29, 0.717) is 33.7 Å². The number of aryl methyl sites for hydroxylation is 1. The molecule has 0 saturated heterocycles. The van der Waals surface area contributed by atoms with Crippen molar-refractivity contribution in [2.75, 3.05) is 0 Å². The van der Waals surface area contributed by atoms with Crippen molar-refractivity contribution in [1.29, 1.82) is 0 Å². The summed E-state index contributed by atoms with van der Waals surface area (Å²) in [5.74, 6) is 0.338. The number of halogens is 2. The summed E-state index contributed by atoms with van der Waals surface area (Å²) in [4.78, 5) is 18.1. The Bertz CT molecular complexity index is 1730. The predicted molar refractivity (Wildman–Crippen MR) is 160 cm³/mol. The molecule has 1 atom stereocenters. The maximum atomic E-state index is 13.1. The monoisotopic (exact) mass is 586 g/mol. The number of benzene rings is 2. The van der Waals surface area contributed by atoms with Crippen molar-refractivity contribution in [3.63, 3.8) is 0 Å². The van der Waals surface area contributed by atoms with Crippen molar-refractivity contribution in [2.24, 2.45) is 0 Å². The minimum absolute atomic E-state index is 0.125. The van der Waals surface area contributed by atoms with E-state index in [1.165, 1.54) is 0 Å². The van der Waals surface area contributed by atoms with Crippen molar-refractivity contribution < 1.29 is 9.53 Å². The van der Waals surface area contributed by atoms with Gasteiger partial charge < -0.3 is 10.1 Å². The molecular weight excluding hydrogens is 559 g/mol. The van der Waals surface area contributed by atoms with Gasteiger partial charge in [-0.25, -0.2) is 4.98 Å². The lowest BCUT2D eigenvalue weighted by atomic mass is 9.88. The van der Waals surface area contributed by atoms with Crippen molar-refractivity contribution >= 4 is 29.1 Å². The molecule has 208 valence electrons. The lowest BCUT2D eigenvalue weighted by molar-refractivity contribution is -0.121. The summed E-state index contributed by atoms with van der Waals surface area (Å²) in [6.45, 7) is 5.89. The third-order valence-electron chi connectivity index (χ3n) is 7.11. The summed E-state index contributed by atoms with van der Waals surface area (Å²) in [5.41, 5.74) is 6.90. The van der Waals surface area contributed by atoms with E-state index in [-0.39, 0.29) is 18.4 Å². The molecule has 1 aliphatic rings. The van der Waals surface area contributed by atoms with E-state index < -0.39 is 5.60 Å². The SMILES string of the molecule is Cc1cc(CC(=O)N[C@@H]2CC(C)(C)Oc3nc(-c4ccc(-c5cn[nH]c5)cc4Cl)c(-c4ccc(Cl)cc4)cc32)n[nH]1. The number of H-pyrrole nitrogens is 2. The summed E-state index contributed by atoms with van der Waals surface area (Å²) in [6, 6.07) is 17.0. The van der Waals surface area contributed by atoms with E-state index in [4.69, 9.17) is 32.9 Å². The molecule has 0 aliphatic carbocycles. The van der Waals surface area contributed by atoms with Gasteiger partial charge in [-0.3, -0.25) is 15.0 Å². The fourth-order valence-corrected chi connectivity index (χ4v) is 5.60. The molecule has 2 aromatic carbocycles. The molecule has 0 fully saturated rings. The fraction of sp³-hybridized carbons (Fsp3) is 0.226. The Hall–Kier alpha value is -4.14. The Balaban J connectivity index is 1.44. The number of carbonyl (C=O) groups is 1. The van der Waals surface area contributed by atoms with Crippen LogP contribution in [0, 0.1) is 6.92 Å². The average Bonchev–Trinajstić information content (AvgIpc) is 3.60. The number of fused-ring (bicyclic) bond motifs is 1. The van der Waals surface area contributed by atoms with Crippen LogP contribution in [0.5, 0.6) is 5.88 Å². The van der Waals surface area contributed by atoms with Crippen LogP contribution in [0.1, 0.15) is 43.3 Å². The Labute approximate surface area is 247 Å². The summed E-state index contributed by atoms with van der Waals surface area (Å²) < 4.78 is 6.39. The number of nitrogens with zero attached hydrogens (tertiary/aromatic N) is 3. The van der Waals surface area contributed by atoms with E-state index in [2.05, 4.69) is 25.7 Å². The van der Waals surface area contributed by atoms with E-state index in [0.717, 1.165) is 39.1 Å². The number of hydrogen-bond donors (Lipinski definition) is 3. The summed E-state index contributed by atoms with van der Waals surface area (Å²) in [7, 11) is 0. The molecule has 5 aromatic rings. The van der Waals surface area contributed by atoms with E-state index in [9.17, 15) is 4.79 Å². The second-order valence-corrected chi connectivity index (χ2v) is 11.7. The molecule has 1 amide bonds. The van der Waals surface area contributed by atoms with Crippen LogP contribution in [-0.4, -0.2) is 36.9 Å². The molecule has 0 saturated carbocycles. The van der Waals surface area contributed by atoms with Crippen LogP contribution < -0.4 is 10.1 Å². The van der Waals surface area contributed by atoms with Crippen molar-refractivity contribution in [3.8, 4) is 39.4 Å². The molecule has 0 radical (unpaired) electrons. The van der Waals surface area contributed by atoms with Crippen LogP contribution in [0.4, 0.5) is 0 Å². The zero-order valence-electron chi connectivity index (χ0n) is 22.8. The Kier molecular flexibility index (Phi) is 7.05. The number of hydrogen-bond acceptors (Lipinski definition) is 5. The van der Waals surface area contributed by atoms with E-state index in [1.807, 2.05) is 81.6 Å². The van der Waals surface area contributed by atoms with Crippen LogP contribution in [0.15, 0.2) is 67.0 Å². The van der Waals surface area contributed by atoms with Gasteiger partial charge in [-0.2, -0.15) is 10.2 Å². The average molecular weight is 588 g/mol. The molecule has 0 unspecified atom stereocenters. The van der Waals surface area contributed by atoms with Crippen LogP contribution in [-0.2, 0) is 11.2 Å². The van der Waals surface area contributed by atoms with Gasteiger partial charge in [0.2, 0.25) is 11.8 Å². The molecular formula is C31H28Cl2N6O2. The highest BCUT2D eigenvalue weighted by molar-refractivity contribution is 6.33. The smallest absolute Gasteiger partial charge is 0.226 e. The molecule has 1 aliphatic heterocycles. The number of aromatic amines is 2. The highest BCUT2D eigenvalue weighted by atomic mass is 35.5. The highest BCUT2D eigenvalue weighted by Crippen LogP contribution is 2.45. The van der Waals surface area contributed by atoms with Gasteiger partial charge in [-0.1, -0.05) is 47.5 Å². The Morgan fingerprint density at radius 3 is 2.51 bits per heavy atom. The summed E-state index contributed by atoms with van der Waals surface area (Å²) >= 11 is 13.1. The van der Waals surface area contributed by atoms with E-state index in [1.54, 1.807) is 6.20 Å². The third kappa shape index (κ3) is 5.71. The third-order valence-corrected chi connectivity index (χ3v) is 7.67. The topological polar surface area (TPSA) is 109 Å². The first-order chi connectivity index (χ1) is 19.6. The summed E-state index contributed by atoms with van der Waals surface area (Å²) in [5, 5.41) is 18.3. The minimum Gasteiger partial charge on any atom is -0.471 e. The van der Waals surface area contributed by atoms with Crippen LogP contribution >= 0.6 is 23.2 Å². The molecule has 3 aromatic heterocycles. The second kappa shape index (κ2) is 10.7. The molecule has 4 heterocycles. The van der Waals surface area contributed by atoms with Gasteiger partial charge in [-0.15, -0.1) is 0 Å². The Morgan fingerprint density at radius 2 is 1.83 bits per heavy atom. The van der Waals surface area contributed by atoms with Gasteiger partial charge in [-0.05, 0) is 62.2 Å². The first-order valence-corrected chi connectivity index (χ1v) is 14.0. The first-order valence-electron chi connectivity index (χ1n) is 13.2. The normalized spacial score (nSPS) is 15.7. The number of rotatable bonds is 6. The first kappa shape index (κ1) is 27.1. The van der Waals surface area contributed by atoms with Crippen LogP contribution in [0.25, 0.3) is 33.5 Å². The predicted octanol–water partition coefficient (Wildman–Crippen LogP) is 7.11. The van der Waals surface area contributed by atoms with Crippen LogP contribution in [0.3, 0.4) is 0 Å². The van der Waals surface area contributed by atoms with Gasteiger partial charge in [0.25, 0.3) is 0 Å². The lowest BCUT2D eigenvalue weighted by Crippen LogP contribution is -2.42. The summed E-state index contributed by atoms with van der Waals surface area (Å²) in [6.07, 6.45) is 4.32. The van der Waals surface area contributed by atoms with Crippen molar-refractivity contribution in [2.45, 2.75) is 45.3 Å². The van der Waals surface area contributed by atoms with E-state index >= 15 is 0 Å². The van der Waals surface area contributed by atoms with Crippen LogP contribution in [0.2, 0.25) is 10.0 Å². The number of carbonyl (C=O) groups excluding carboxylic acids is 1. The van der Waals surface area contributed by atoms with Crippen molar-refractivity contribution in [3.05, 3.63) is 94.0 Å². The minimum atomic E-state index is -0.561.